The molecule has 0 radical (unpaired) electrons. The van der Waals surface area contributed by atoms with Crippen molar-refractivity contribution in [1.82, 2.24) is 0 Å². The van der Waals surface area contributed by atoms with Crippen molar-refractivity contribution in [2.75, 3.05) is 20.2 Å². The second kappa shape index (κ2) is 11.9. The SMILES string of the molecule is C=O.CC.COc1cc(C)cc(/C=C/C=[N+]2CCCC2)c1. The quantitative estimate of drug-likeness (QED) is 0.794. The number of hydrogen-bond acceptors (Lipinski definition) is 2. The maximum Gasteiger partial charge on any atom is 0.163 e. The molecule has 0 N–H and O–H groups in total. The highest BCUT2D eigenvalue weighted by Gasteiger charge is 2.10. The van der Waals surface area contributed by atoms with Gasteiger partial charge in [-0.05, 0) is 36.3 Å². The van der Waals surface area contributed by atoms with Crippen LogP contribution < -0.4 is 4.74 Å². The molecule has 1 saturated heterocycles. The van der Waals surface area contributed by atoms with E-state index in [9.17, 15) is 0 Å². The van der Waals surface area contributed by atoms with E-state index in [1.807, 2.05) is 26.7 Å². The number of aryl methyl sites for hydroxylation is 1. The Kier molecular flexibility index (Phi) is 10.8. The molecule has 0 atom stereocenters. The number of carbonyl (C=O) groups is 1. The first-order chi connectivity index (χ1) is 10.3. The summed E-state index contributed by atoms with van der Waals surface area (Å²) in [5.74, 6) is 0.922. The fourth-order valence-corrected chi connectivity index (χ4v) is 2.16. The minimum Gasteiger partial charge on any atom is -0.497 e. The molecule has 1 aromatic carbocycles. The van der Waals surface area contributed by atoms with E-state index in [1.165, 1.54) is 37.1 Å². The monoisotopic (exact) mass is 290 g/mol. The van der Waals surface area contributed by atoms with Gasteiger partial charge in [-0.1, -0.05) is 19.9 Å². The zero-order valence-corrected chi connectivity index (χ0v) is 13.8. The van der Waals surface area contributed by atoms with Gasteiger partial charge < -0.3 is 9.53 Å². The highest BCUT2D eigenvalue weighted by Crippen LogP contribution is 2.17. The van der Waals surface area contributed by atoms with Crippen molar-refractivity contribution >= 4 is 19.1 Å². The molecule has 0 amide bonds. The minimum atomic E-state index is 0.922. The molecule has 116 valence electrons. The van der Waals surface area contributed by atoms with Crippen LogP contribution in [0.25, 0.3) is 6.08 Å². The largest absolute Gasteiger partial charge is 0.497 e. The summed E-state index contributed by atoms with van der Waals surface area (Å²) in [5.41, 5.74) is 2.42. The molecule has 1 aliphatic heterocycles. The smallest absolute Gasteiger partial charge is 0.163 e. The van der Waals surface area contributed by atoms with E-state index in [1.54, 1.807) is 7.11 Å². The first-order valence-electron chi connectivity index (χ1n) is 7.48. The molecule has 0 saturated carbocycles. The summed E-state index contributed by atoms with van der Waals surface area (Å²) in [7, 11) is 1.71. The number of rotatable bonds is 3. The fourth-order valence-electron chi connectivity index (χ4n) is 2.16. The Hall–Kier alpha value is -1.90. The summed E-state index contributed by atoms with van der Waals surface area (Å²) >= 11 is 0. The highest BCUT2D eigenvalue weighted by atomic mass is 16.5. The number of methoxy groups -OCH3 is 1. The zero-order valence-electron chi connectivity index (χ0n) is 13.8. The lowest BCUT2D eigenvalue weighted by Gasteiger charge is -2.02. The third kappa shape index (κ3) is 7.45. The summed E-state index contributed by atoms with van der Waals surface area (Å²) < 4.78 is 7.63. The minimum absolute atomic E-state index is 0.922. The number of nitrogens with zero attached hydrogens (tertiary/aromatic N) is 1. The number of benzene rings is 1. The summed E-state index contributed by atoms with van der Waals surface area (Å²) in [6.45, 7) is 10.5. The molecule has 3 heteroatoms. The van der Waals surface area contributed by atoms with Crippen LogP contribution in [0.4, 0.5) is 0 Å². The summed E-state index contributed by atoms with van der Waals surface area (Å²) in [6, 6.07) is 6.26. The van der Waals surface area contributed by atoms with Crippen LogP contribution in [0.5, 0.6) is 5.75 Å². The van der Waals surface area contributed by atoms with Gasteiger partial charge >= 0.3 is 0 Å². The van der Waals surface area contributed by atoms with Gasteiger partial charge in [-0.15, -0.1) is 0 Å². The average molecular weight is 290 g/mol. The number of allylic oxidation sites excluding steroid dienone is 1. The normalized spacial score (nSPS) is 13.0. The molecule has 21 heavy (non-hydrogen) atoms. The molecule has 0 spiro atoms. The average Bonchev–Trinajstić information content (AvgIpc) is 3.04. The van der Waals surface area contributed by atoms with Crippen LogP contribution in [0.1, 0.15) is 37.8 Å². The molecule has 0 aliphatic carbocycles. The number of hydrogen-bond donors (Lipinski definition) is 0. The molecule has 0 aromatic heterocycles. The van der Waals surface area contributed by atoms with Crippen LogP contribution in [-0.2, 0) is 4.79 Å². The van der Waals surface area contributed by atoms with Crippen molar-refractivity contribution in [1.29, 1.82) is 0 Å². The van der Waals surface area contributed by atoms with Crippen molar-refractivity contribution in [3.8, 4) is 5.75 Å². The van der Waals surface area contributed by atoms with E-state index >= 15 is 0 Å². The van der Waals surface area contributed by atoms with Gasteiger partial charge in [0.15, 0.2) is 6.21 Å². The predicted octanol–water partition coefficient (Wildman–Crippen LogP) is 3.74. The maximum atomic E-state index is 8.00. The lowest BCUT2D eigenvalue weighted by atomic mass is 10.1. The van der Waals surface area contributed by atoms with Crippen molar-refractivity contribution in [3.05, 3.63) is 35.4 Å². The summed E-state index contributed by atoms with van der Waals surface area (Å²) in [4.78, 5) is 8.00. The van der Waals surface area contributed by atoms with Crippen LogP contribution in [-0.4, -0.2) is 37.8 Å². The molecule has 2 rings (SSSR count). The van der Waals surface area contributed by atoms with Gasteiger partial charge in [0.2, 0.25) is 0 Å². The molecule has 1 aromatic rings. The van der Waals surface area contributed by atoms with Gasteiger partial charge in [-0.3, -0.25) is 0 Å². The van der Waals surface area contributed by atoms with Crippen molar-refractivity contribution in [2.24, 2.45) is 0 Å². The Morgan fingerprint density at radius 3 is 2.33 bits per heavy atom. The van der Waals surface area contributed by atoms with Crippen LogP contribution in [0.3, 0.4) is 0 Å². The zero-order chi connectivity index (χ0) is 16.1. The Morgan fingerprint density at radius 1 is 1.14 bits per heavy atom. The Bertz CT molecular complexity index is 456. The number of ether oxygens (including phenoxy) is 1. The molecule has 3 nitrogen and oxygen atoms in total. The van der Waals surface area contributed by atoms with Crippen LogP contribution in [0, 0.1) is 6.92 Å². The van der Waals surface area contributed by atoms with Crippen LogP contribution in [0.2, 0.25) is 0 Å². The van der Waals surface area contributed by atoms with E-state index in [4.69, 9.17) is 9.53 Å². The number of carbonyl (C=O) groups excluding carboxylic acids is 1. The van der Waals surface area contributed by atoms with E-state index in [2.05, 4.69) is 42.0 Å². The third-order valence-electron chi connectivity index (χ3n) is 3.04. The molecule has 1 aliphatic rings. The molecule has 0 bridgehead atoms. The second-order valence-electron chi connectivity index (χ2n) is 4.53. The Labute approximate surface area is 129 Å². The summed E-state index contributed by atoms with van der Waals surface area (Å²) in [6.07, 6.45) is 9.08. The molecule has 0 unspecified atom stereocenters. The standard InChI is InChI=1S/C15H20NO.C2H6.CH2O/c1-13-10-14(12-15(11-13)17-2)6-5-9-16-7-3-4-8-16;2*1-2/h5-6,9-12H,3-4,7-8H2,1-2H3;1-2H3;1H2/q+1;;/b6-5+;;. The highest BCUT2D eigenvalue weighted by molar-refractivity contribution is 5.75. The van der Waals surface area contributed by atoms with E-state index < -0.39 is 0 Å². The second-order valence-corrected chi connectivity index (χ2v) is 4.53. The lowest BCUT2D eigenvalue weighted by Crippen LogP contribution is -2.05. The Balaban J connectivity index is 0.000000921. The van der Waals surface area contributed by atoms with Crippen LogP contribution >= 0.6 is 0 Å². The fraction of sp³-hybridized carbons (Fsp3) is 0.444. The van der Waals surface area contributed by atoms with Crippen LogP contribution in [0.15, 0.2) is 24.3 Å². The topological polar surface area (TPSA) is 29.3 Å². The maximum absolute atomic E-state index is 8.00. The summed E-state index contributed by atoms with van der Waals surface area (Å²) in [5, 5.41) is 0. The Morgan fingerprint density at radius 2 is 1.76 bits per heavy atom. The van der Waals surface area contributed by atoms with Gasteiger partial charge in [0.25, 0.3) is 0 Å². The van der Waals surface area contributed by atoms with Gasteiger partial charge in [0.05, 0.1) is 7.11 Å². The predicted molar refractivity (Wildman–Crippen MR) is 90.5 cm³/mol. The molecular weight excluding hydrogens is 262 g/mol. The van der Waals surface area contributed by atoms with Gasteiger partial charge in [-0.2, -0.15) is 0 Å². The van der Waals surface area contributed by atoms with Crippen molar-refractivity contribution in [2.45, 2.75) is 33.6 Å². The van der Waals surface area contributed by atoms with Gasteiger partial charge in [0, 0.05) is 18.9 Å². The molecule has 1 heterocycles. The van der Waals surface area contributed by atoms with Crippen molar-refractivity contribution in [3.63, 3.8) is 0 Å². The first-order valence-corrected chi connectivity index (χ1v) is 7.48. The van der Waals surface area contributed by atoms with Gasteiger partial charge in [0.1, 0.15) is 25.6 Å². The van der Waals surface area contributed by atoms with E-state index in [-0.39, 0.29) is 0 Å². The molecule has 1 fully saturated rings. The van der Waals surface area contributed by atoms with Gasteiger partial charge in [-0.25, -0.2) is 4.58 Å². The first kappa shape index (κ1) is 19.1. The third-order valence-corrected chi connectivity index (χ3v) is 3.04. The lowest BCUT2D eigenvalue weighted by molar-refractivity contribution is -0.500. The van der Waals surface area contributed by atoms with E-state index in [0.717, 1.165) is 5.75 Å². The van der Waals surface area contributed by atoms with E-state index in [0.29, 0.717) is 0 Å². The van der Waals surface area contributed by atoms with Crippen molar-refractivity contribution < 1.29 is 14.1 Å². The molecular formula is C18H28NO2+.